The van der Waals surface area contributed by atoms with Crippen LogP contribution in [0.3, 0.4) is 0 Å². The summed E-state index contributed by atoms with van der Waals surface area (Å²) in [6.07, 6.45) is 5.93. The van der Waals surface area contributed by atoms with Crippen molar-refractivity contribution >= 4 is 14.6 Å². The van der Waals surface area contributed by atoms with Crippen molar-refractivity contribution in [1.29, 1.82) is 0 Å². The van der Waals surface area contributed by atoms with Gasteiger partial charge in [0.15, 0.2) is 8.32 Å². The smallest absolute Gasteiger partial charge is 0.193 e. The fraction of sp³-hybridized carbons (Fsp3) is 0.421. The zero-order chi connectivity index (χ0) is 17.1. The lowest BCUT2D eigenvalue weighted by atomic mass is 10.0. The molecule has 2 rings (SSSR count). The molecule has 0 amide bonds. The van der Waals surface area contributed by atoms with E-state index in [4.69, 9.17) is 9.16 Å². The Hall–Kier alpha value is -1.65. The summed E-state index contributed by atoms with van der Waals surface area (Å²) in [6.45, 7) is 11.6. The van der Waals surface area contributed by atoms with E-state index in [1.54, 1.807) is 0 Å². The largest absolute Gasteiger partial charge is 0.489 e. The second-order valence-corrected chi connectivity index (χ2v) is 12.1. The lowest BCUT2D eigenvalue weighted by molar-refractivity contribution is -0.104. The molecule has 124 valence electrons. The molecule has 1 unspecified atom stereocenters. The van der Waals surface area contributed by atoms with Crippen molar-refractivity contribution in [1.82, 2.24) is 0 Å². The van der Waals surface area contributed by atoms with E-state index in [1.165, 1.54) is 6.08 Å². The summed E-state index contributed by atoms with van der Waals surface area (Å²) in [5.74, 6) is 0.849. The average molecular weight is 331 g/mol. The summed E-state index contributed by atoms with van der Waals surface area (Å²) >= 11 is 0. The Bertz CT molecular complexity index is 624. The van der Waals surface area contributed by atoms with Gasteiger partial charge in [0, 0.05) is 5.56 Å². The Labute approximate surface area is 140 Å². The zero-order valence-electron chi connectivity index (χ0n) is 14.6. The number of fused-ring (bicyclic) bond motifs is 1. The summed E-state index contributed by atoms with van der Waals surface area (Å²) in [7, 11) is -1.98. The number of benzene rings is 1. The van der Waals surface area contributed by atoms with Crippen LogP contribution in [-0.2, 0) is 9.22 Å². The lowest BCUT2D eigenvalue weighted by Crippen LogP contribution is -2.42. The predicted octanol–water partition coefficient (Wildman–Crippen LogP) is 4.82. The van der Waals surface area contributed by atoms with Crippen molar-refractivity contribution in [2.45, 2.75) is 45.0 Å². The molecule has 1 atom stereocenters. The van der Waals surface area contributed by atoms with Gasteiger partial charge in [-0.3, -0.25) is 4.79 Å². The Morgan fingerprint density at radius 1 is 1.26 bits per heavy atom. The molecule has 0 aliphatic carbocycles. The molecule has 1 aromatic carbocycles. The molecule has 1 heterocycles. The highest BCUT2D eigenvalue weighted by Gasteiger charge is 2.40. The molecule has 1 aliphatic heterocycles. The van der Waals surface area contributed by atoms with Gasteiger partial charge in [0.05, 0.1) is 6.10 Å². The standard InChI is InChI=1S/C19H26O3Si/c1-19(2,3)23(4,5)22-18-15(9-8-13-20)12-14-21-17-11-7-6-10-16(17)18/h6-13,18H,14H2,1-5H3/b9-8+. The second kappa shape index (κ2) is 6.85. The molecule has 0 bridgehead atoms. The van der Waals surface area contributed by atoms with Crippen molar-refractivity contribution in [3.8, 4) is 5.75 Å². The number of hydrogen-bond donors (Lipinski definition) is 0. The van der Waals surface area contributed by atoms with Crippen LogP contribution in [0.25, 0.3) is 0 Å². The summed E-state index contributed by atoms with van der Waals surface area (Å²) in [5, 5.41) is 0.106. The highest BCUT2D eigenvalue weighted by atomic mass is 28.4. The predicted molar refractivity (Wildman–Crippen MR) is 96.2 cm³/mol. The van der Waals surface area contributed by atoms with E-state index in [1.807, 2.05) is 36.4 Å². The average Bonchev–Trinajstić information content (AvgIpc) is 2.64. The Morgan fingerprint density at radius 3 is 2.61 bits per heavy atom. The van der Waals surface area contributed by atoms with Crippen LogP contribution in [0.5, 0.6) is 5.75 Å². The minimum Gasteiger partial charge on any atom is -0.489 e. The SMILES string of the molecule is CC(C)(C)[Si](C)(C)OC1C(/C=C/C=O)=CCOc2ccccc21. The summed E-state index contributed by atoms with van der Waals surface area (Å²) in [5.41, 5.74) is 2.00. The van der Waals surface area contributed by atoms with Gasteiger partial charge in [-0.25, -0.2) is 0 Å². The third-order valence-corrected chi connectivity index (χ3v) is 9.09. The number of rotatable bonds is 4. The van der Waals surface area contributed by atoms with Crippen molar-refractivity contribution in [3.63, 3.8) is 0 Å². The summed E-state index contributed by atoms with van der Waals surface area (Å²) in [4.78, 5) is 10.8. The lowest BCUT2D eigenvalue weighted by Gasteiger charge is -2.39. The van der Waals surface area contributed by atoms with Crippen LogP contribution in [-0.4, -0.2) is 21.2 Å². The molecule has 0 spiro atoms. The van der Waals surface area contributed by atoms with Gasteiger partial charge in [-0.05, 0) is 41.9 Å². The molecule has 0 saturated carbocycles. The molecular weight excluding hydrogens is 304 g/mol. The van der Waals surface area contributed by atoms with Crippen LogP contribution >= 0.6 is 0 Å². The van der Waals surface area contributed by atoms with Gasteiger partial charge in [0.1, 0.15) is 18.6 Å². The van der Waals surface area contributed by atoms with E-state index in [9.17, 15) is 4.79 Å². The fourth-order valence-corrected chi connectivity index (χ4v) is 3.46. The van der Waals surface area contributed by atoms with E-state index in [0.717, 1.165) is 23.2 Å². The molecule has 0 fully saturated rings. The van der Waals surface area contributed by atoms with Crippen LogP contribution in [0, 0.1) is 0 Å². The Balaban J connectivity index is 2.47. The molecular formula is C19H26O3Si. The first-order chi connectivity index (χ1) is 10.8. The first-order valence-corrected chi connectivity index (χ1v) is 10.9. The highest BCUT2D eigenvalue weighted by Crippen LogP contribution is 2.44. The fourth-order valence-electron chi connectivity index (χ4n) is 2.25. The van der Waals surface area contributed by atoms with Gasteiger partial charge in [-0.1, -0.05) is 45.0 Å². The molecule has 0 radical (unpaired) electrons. The number of aldehydes is 1. The van der Waals surface area contributed by atoms with Crippen molar-refractivity contribution in [2.75, 3.05) is 6.61 Å². The highest BCUT2D eigenvalue weighted by molar-refractivity contribution is 6.74. The Kier molecular flexibility index (Phi) is 5.27. The monoisotopic (exact) mass is 330 g/mol. The molecule has 23 heavy (non-hydrogen) atoms. The first kappa shape index (κ1) is 17.7. The quantitative estimate of drug-likeness (QED) is 0.451. The maximum absolute atomic E-state index is 10.8. The summed E-state index contributed by atoms with van der Waals surface area (Å²) < 4.78 is 12.5. The molecule has 1 aliphatic rings. The van der Waals surface area contributed by atoms with Gasteiger partial charge < -0.3 is 9.16 Å². The zero-order valence-corrected chi connectivity index (χ0v) is 15.6. The van der Waals surface area contributed by atoms with E-state index >= 15 is 0 Å². The second-order valence-electron chi connectivity index (χ2n) is 7.31. The maximum Gasteiger partial charge on any atom is 0.193 e. The molecule has 0 aromatic heterocycles. The van der Waals surface area contributed by atoms with Crippen molar-refractivity contribution < 1.29 is 14.0 Å². The number of hydrogen-bond acceptors (Lipinski definition) is 3. The van der Waals surface area contributed by atoms with Crippen LogP contribution < -0.4 is 4.74 Å². The van der Waals surface area contributed by atoms with Crippen molar-refractivity contribution in [2.24, 2.45) is 0 Å². The maximum atomic E-state index is 10.8. The minimum absolute atomic E-state index is 0.106. The van der Waals surface area contributed by atoms with Crippen LogP contribution in [0.4, 0.5) is 0 Å². The minimum atomic E-state index is -1.98. The Morgan fingerprint density at radius 2 is 1.96 bits per heavy atom. The normalized spacial score (nSPS) is 18.8. The third kappa shape index (κ3) is 4.01. The third-order valence-electron chi connectivity index (χ3n) is 4.65. The number of carbonyl (C=O) groups is 1. The van der Waals surface area contributed by atoms with E-state index in [0.29, 0.717) is 6.61 Å². The molecule has 0 N–H and O–H groups in total. The summed E-state index contributed by atoms with van der Waals surface area (Å²) in [6, 6.07) is 7.98. The van der Waals surface area contributed by atoms with Gasteiger partial charge >= 0.3 is 0 Å². The number of para-hydroxylation sites is 1. The van der Waals surface area contributed by atoms with Crippen LogP contribution in [0.2, 0.25) is 18.1 Å². The van der Waals surface area contributed by atoms with Crippen molar-refractivity contribution in [3.05, 3.63) is 53.6 Å². The topological polar surface area (TPSA) is 35.5 Å². The van der Waals surface area contributed by atoms with E-state index in [-0.39, 0.29) is 11.1 Å². The van der Waals surface area contributed by atoms with Gasteiger partial charge in [0.25, 0.3) is 0 Å². The number of ether oxygens (including phenoxy) is 1. The van der Waals surface area contributed by atoms with E-state index in [2.05, 4.69) is 33.9 Å². The number of carbonyl (C=O) groups excluding carboxylic acids is 1. The van der Waals surface area contributed by atoms with Crippen LogP contribution in [0.15, 0.2) is 48.1 Å². The van der Waals surface area contributed by atoms with E-state index < -0.39 is 8.32 Å². The first-order valence-electron chi connectivity index (χ1n) is 7.98. The molecule has 4 heteroatoms. The molecule has 3 nitrogen and oxygen atoms in total. The van der Waals surface area contributed by atoms with Gasteiger partial charge in [-0.2, -0.15) is 0 Å². The van der Waals surface area contributed by atoms with Crippen LogP contribution in [0.1, 0.15) is 32.4 Å². The number of allylic oxidation sites excluding steroid dienone is 1. The molecule has 0 saturated heterocycles. The molecule has 1 aromatic rings. The van der Waals surface area contributed by atoms with Gasteiger partial charge in [0.2, 0.25) is 0 Å². The van der Waals surface area contributed by atoms with Gasteiger partial charge in [-0.15, -0.1) is 0 Å².